The Morgan fingerprint density at radius 3 is 1.95 bits per heavy atom. The van der Waals surface area contributed by atoms with Gasteiger partial charge in [-0.05, 0) is 69.0 Å². The average Bonchev–Trinajstić information content (AvgIpc) is 3.51. The minimum absolute atomic E-state index is 0.174. The molecular formula is C33H36N4O4. The summed E-state index contributed by atoms with van der Waals surface area (Å²) in [6.07, 6.45) is 0.781. The number of ketones is 1. The van der Waals surface area contributed by atoms with Gasteiger partial charge in [-0.15, -0.1) is 0 Å². The molecule has 0 saturated carbocycles. The lowest BCUT2D eigenvalue weighted by molar-refractivity contribution is -0.130. The molecule has 1 aliphatic rings. The summed E-state index contributed by atoms with van der Waals surface area (Å²) >= 11 is 0. The number of nitrogens with one attached hydrogen (secondary N) is 3. The van der Waals surface area contributed by atoms with Gasteiger partial charge in [0.2, 0.25) is 5.91 Å². The molecule has 3 aromatic rings. The number of benzene rings is 3. The standard InChI is InChI=1S/C33H36N4O4/c1-33(2,3)41-32(40)37-29(27(23-11-6-4-7-12-23)24-13-8-5-9-14-24)31(39)36-28(30(38)26-15-10-20-35-26)25-18-16-22(21-34)17-19-25/h4-9,11-14,16-19,26-29,35H,10,15,20H2,1-3H3,(H,36,39)(H,37,40)/t26-,28?,29+/m0/s1. The smallest absolute Gasteiger partial charge is 0.408 e. The molecule has 0 aliphatic carbocycles. The van der Waals surface area contributed by atoms with Crippen molar-refractivity contribution in [2.24, 2.45) is 0 Å². The van der Waals surface area contributed by atoms with Crippen LogP contribution in [0.1, 0.15) is 67.8 Å². The highest BCUT2D eigenvalue weighted by Crippen LogP contribution is 2.30. The molecule has 8 nitrogen and oxygen atoms in total. The zero-order valence-electron chi connectivity index (χ0n) is 23.6. The van der Waals surface area contributed by atoms with Crippen LogP contribution in [0.3, 0.4) is 0 Å². The Hall–Kier alpha value is -4.48. The van der Waals surface area contributed by atoms with Crippen molar-refractivity contribution in [2.75, 3.05) is 6.54 Å². The zero-order chi connectivity index (χ0) is 29.4. The summed E-state index contributed by atoms with van der Waals surface area (Å²) in [6, 6.07) is 25.1. The van der Waals surface area contributed by atoms with Crippen LogP contribution in [0.5, 0.6) is 0 Å². The Morgan fingerprint density at radius 1 is 0.878 bits per heavy atom. The number of carbonyl (C=O) groups excluding carboxylic acids is 3. The second-order valence-corrected chi connectivity index (χ2v) is 11.1. The van der Waals surface area contributed by atoms with Crippen molar-refractivity contribution in [1.82, 2.24) is 16.0 Å². The Kier molecular flexibility index (Phi) is 9.53. The number of carbonyl (C=O) groups is 3. The maximum absolute atomic E-state index is 14.3. The van der Waals surface area contributed by atoms with Crippen LogP contribution in [0.4, 0.5) is 4.79 Å². The molecule has 3 N–H and O–H groups in total. The number of hydrogen-bond acceptors (Lipinski definition) is 6. The highest BCUT2D eigenvalue weighted by atomic mass is 16.6. The maximum atomic E-state index is 14.3. The summed E-state index contributed by atoms with van der Waals surface area (Å²) in [7, 11) is 0. The third-order valence-electron chi connectivity index (χ3n) is 6.95. The molecule has 41 heavy (non-hydrogen) atoms. The van der Waals surface area contributed by atoms with Crippen LogP contribution < -0.4 is 16.0 Å². The number of hydrogen-bond donors (Lipinski definition) is 3. The molecule has 0 aromatic heterocycles. The molecule has 4 rings (SSSR count). The first kappa shape index (κ1) is 29.5. The van der Waals surface area contributed by atoms with Crippen LogP contribution in [0.2, 0.25) is 0 Å². The van der Waals surface area contributed by atoms with Gasteiger partial charge in [-0.2, -0.15) is 5.26 Å². The molecule has 2 amide bonds. The second kappa shape index (κ2) is 13.2. The van der Waals surface area contributed by atoms with Crippen molar-refractivity contribution >= 4 is 17.8 Å². The molecule has 8 heteroatoms. The number of nitrogens with zero attached hydrogens (tertiary/aromatic N) is 1. The van der Waals surface area contributed by atoms with Gasteiger partial charge in [-0.3, -0.25) is 9.59 Å². The molecule has 0 spiro atoms. The Bertz CT molecular complexity index is 1330. The normalized spacial score (nSPS) is 16.3. The van der Waals surface area contributed by atoms with E-state index in [-0.39, 0.29) is 5.78 Å². The van der Waals surface area contributed by atoms with Gasteiger partial charge in [0, 0.05) is 5.92 Å². The lowest BCUT2D eigenvalue weighted by Crippen LogP contribution is -2.53. The van der Waals surface area contributed by atoms with E-state index in [4.69, 9.17) is 4.74 Å². The molecule has 1 saturated heterocycles. The van der Waals surface area contributed by atoms with Gasteiger partial charge < -0.3 is 20.7 Å². The van der Waals surface area contributed by atoms with E-state index in [2.05, 4.69) is 22.0 Å². The molecule has 1 unspecified atom stereocenters. The SMILES string of the molecule is CC(C)(C)OC(=O)N[C@@H](C(=O)NC(C(=O)[C@@H]1CCCN1)c1ccc(C#N)cc1)C(c1ccccc1)c1ccccc1. The highest BCUT2D eigenvalue weighted by Gasteiger charge is 2.38. The topological polar surface area (TPSA) is 120 Å². The number of nitriles is 1. The summed E-state index contributed by atoms with van der Waals surface area (Å²) in [5.74, 6) is -1.28. The van der Waals surface area contributed by atoms with Gasteiger partial charge in [0.1, 0.15) is 17.7 Å². The first-order valence-corrected chi connectivity index (χ1v) is 13.8. The largest absolute Gasteiger partial charge is 0.444 e. The third kappa shape index (κ3) is 7.80. The van der Waals surface area contributed by atoms with Crippen LogP contribution in [0.15, 0.2) is 84.9 Å². The summed E-state index contributed by atoms with van der Waals surface area (Å²) < 4.78 is 5.55. The summed E-state index contributed by atoms with van der Waals surface area (Å²) in [5.41, 5.74) is 1.85. The lowest BCUT2D eigenvalue weighted by Gasteiger charge is -2.31. The Labute approximate surface area is 241 Å². The van der Waals surface area contributed by atoms with E-state index in [9.17, 15) is 19.6 Å². The number of rotatable bonds is 9. The van der Waals surface area contributed by atoms with Gasteiger partial charge in [0.25, 0.3) is 0 Å². The maximum Gasteiger partial charge on any atom is 0.408 e. The Balaban J connectivity index is 1.75. The molecule has 0 radical (unpaired) electrons. The molecule has 212 valence electrons. The fourth-order valence-corrected chi connectivity index (χ4v) is 5.06. The monoisotopic (exact) mass is 552 g/mol. The van der Waals surface area contributed by atoms with Crippen molar-refractivity contribution in [2.45, 2.75) is 63.3 Å². The van der Waals surface area contributed by atoms with Gasteiger partial charge in [-0.25, -0.2) is 4.79 Å². The first-order valence-electron chi connectivity index (χ1n) is 13.8. The van der Waals surface area contributed by atoms with Crippen molar-refractivity contribution < 1.29 is 19.1 Å². The van der Waals surface area contributed by atoms with Crippen molar-refractivity contribution in [3.63, 3.8) is 0 Å². The van der Waals surface area contributed by atoms with E-state index in [1.807, 2.05) is 60.7 Å². The van der Waals surface area contributed by atoms with E-state index in [0.717, 1.165) is 24.1 Å². The van der Waals surface area contributed by atoms with Gasteiger partial charge in [-0.1, -0.05) is 72.8 Å². The quantitative estimate of drug-likeness (QED) is 0.352. The summed E-state index contributed by atoms with van der Waals surface area (Å²) in [4.78, 5) is 41.1. The van der Waals surface area contributed by atoms with Crippen LogP contribution >= 0.6 is 0 Å². The zero-order valence-corrected chi connectivity index (χ0v) is 23.6. The van der Waals surface area contributed by atoms with E-state index in [1.165, 1.54) is 0 Å². The number of Topliss-reactive ketones (excluding diaryl/α,β-unsaturated/α-hetero) is 1. The molecule has 1 heterocycles. The molecule has 1 fully saturated rings. The van der Waals surface area contributed by atoms with E-state index < -0.39 is 41.6 Å². The molecule has 3 atom stereocenters. The van der Waals surface area contributed by atoms with E-state index in [1.54, 1.807) is 45.0 Å². The van der Waals surface area contributed by atoms with Crippen molar-refractivity contribution in [3.05, 3.63) is 107 Å². The van der Waals surface area contributed by atoms with Gasteiger partial charge >= 0.3 is 6.09 Å². The minimum atomic E-state index is -1.11. The molecular weight excluding hydrogens is 516 g/mol. The summed E-state index contributed by atoms with van der Waals surface area (Å²) in [6.45, 7) is 5.97. The fraction of sp³-hybridized carbons (Fsp3) is 0.333. The van der Waals surface area contributed by atoms with E-state index >= 15 is 0 Å². The number of amides is 2. The second-order valence-electron chi connectivity index (χ2n) is 11.1. The van der Waals surface area contributed by atoms with E-state index in [0.29, 0.717) is 17.5 Å². The molecule has 3 aromatic carbocycles. The van der Waals surface area contributed by atoms with Crippen LogP contribution in [0.25, 0.3) is 0 Å². The first-order chi connectivity index (χ1) is 19.7. The van der Waals surface area contributed by atoms with Gasteiger partial charge in [0.15, 0.2) is 5.78 Å². The lowest BCUT2D eigenvalue weighted by atomic mass is 9.84. The predicted octanol–water partition coefficient (Wildman–Crippen LogP) is 4.76. The molecule has 1 aliphatic heterocycles. The number of ether oxygens (including phenoxy) is 1. The van der Waals surface area contributed by atoms with Crippen molar-refractivity contribution in [3.8, 4) is 6.07 Å². The van der Waals surface area contributed by atoms with Gasteiger partial charge in [0.05, 0.1) is 17.7 Å². The Morgan fingerprint density at radius 2 is 1.46 bits per heavy atom. The number of alkyl carbamates (subject to hydrolysis) is 1. The predicted molar refractivity (Wildman–Crippen MR) is 156 cm³/mol. The van der Waals surface area contributed by atoms with Crippen LogP contribution in [-0.2, 0) is 14.3 Å². The average molecular weight is 553 g/mol. The molecule has 0 bridgehead atoms. The third-order valence-corrected chi connectivity index (χ3v) is 6.95. The van der Waals surface area contributed by atoms with Crippen LogP contribution in [-0.4, -0.2) is 42.0 Å². The highest BCUT2D eigenvalue weighted by molar-refractivity contribution is 5.96. The summed E-state index contributed by atoms with van der Waals surface area (Å²) in [5, 5.41) is 18.2. The van der Waals surface area contributed by atoms with Crippen molar-refractivity contribution in [1.29, 1.82) is 5.26 Å². The van der Waals surface area contributed by atoms with Crippen LogP contribution in [0, 0.1) is 11.3 Å². The minimum Gasteiger partial charge on any atom is -0.444 e. The fourth-order valence-electron chi connectivity index (χ4n) is 5.06.